The molecule has 0 aromatic heterocycles. The fraction of sp³-hybridized carbons (Fsp3) is 0.333. The second-order valence-electron chi connectivity index (χ2n) is 3.56. The SMILES string of the molecule is COC(=O)C(I)CNC(=O)Cc1ccccc1Cl. The first-order valence-electron chi connectivity index (χ1n) is 5.26. The van der Waals surface area contributed by atoms with Crippen molar-refractivity contribution < 1.29 is 14.3 Å². The van der Waals surface area contributed by atoms with Crippen molar-refractivity contribution in [1.29, 1.82) is 0 Å². The number of hydrogen-bond donors (Lipinski definition) is 1. The number of rotatable bonds is 5. The number of alkyl halides is 1. The van der Waals surface area contributed by atoms with Crippen molar-refractivity contribution in [2.75, 3.05) is 13.7 Å². The van der Waals surface area contributed by atoms with Crippen LogP contribution in [0.2, 0.25) is 5.02 Å². The molecule has 6 heteroatoms. The van der Waals surface area contributed by atoms with Gasteiger partial charge in [-0.25, -0.2) is 0 Å². The Balaban J connectivity index is 2.43. The third-order valence-corrected chi connectivity index (χ3v) is 3.56. The Kier molecular flexibility index (Phi) is 6.42. The van der Waals surface area contributed by atoms with Gasteiger partial charge in [-0.15, -0.1) is 0 Å². The first-order chi connectivity index (χ1) is 8.54. The second-order valence-corrected chi connectivity index (χ2v) is 5.47. The molecule has 0 radical (unpaired) electrons. The number of esters is 1. The number of benzene rings is 1. The Morgan fingerprint density at radius 1 is 1.44 bits per heavy atom. The van der Waals surface area contributed by atoms with Crippen LogP contribution >= 0.6 is 34.2 Å². The average Bonchev–Trinajstić information content (AvgIpc) is 2.37. The Morgan fingerprint density at radius 3 is 2.72 bits per heavy atom. The highest BCUT2D eigenvalue weighted by Crippen LogP contribution is 2.15. The summed E-state index contributed by atoms with van der Waals surface area (Å²) in [5, 5.41) is 3.23. The van der Waals surface area contributed by atoms with Crippen molar-refractivity contribution in [2.45, 2.75) is 10.3 Å². The minimum absolute atomic E-state index is 0.173. The number of hydrogen-bond acceptors (Lipinski definition) is 3. The molecule has 0 saturated heterocycles. The molecule has 1 N–H and O–H groups in total. The van der Waals surface area contributed by atoms with Gasteiger partial charge in [-0.2, -0.15) is 0 Å². The summed E-state index contributed by atoms with van der Waals surface area (Å²) < 4.78 is 4.18. The third kappa shape index (κ3) is 4.81. The molecule has 0 bridgehead atoms. The van der Waals surface area contributed by atoms with Crippen LogP contribution in [0.1, 0.15) is 5.56 Å². The van der Waals surface area contributed by atoms with Gasteiger partial charge in [-0.05, 0) is 11.6 Å². The number of nitrogens with one attached hydrogen (secondary N) is 1. The van der Waals surface area contributed by atoms with Crippen molar-refractivity contribution in [2.24, 2.45) is 0 Å². The summed E-state index contributed by atoms with van der Waals surface area (Å²) in [7, 11) is 1.32. The van der Waals surface area contributed by atoms with Gasteiger partial charge in [0.1, 0.15) is 3.92 Å². The highest BCUT2D eigenvalue weighted by atomic mass is 127. The fourth-order valence-corrected chi connectivity index (χ4v) is 1.97. The zero-order valence-electron chi connectivity index (χ0n) is 9.78. The number of ether oxygens (including phenoxy) is 1. The number of carbonyl (C=O) groups excluding carboxylic acids is 2. The van der Waals surface area contributed by atoms with E-state index in [2.05, 4.69) is 10.1 Å². The van der Waals surface area contributed by atoms with E-state index in [-0.39, 0.29) is 28.8 Å². The minimum atomic E-state index is -0.386. The van der Waals surface area contributed by atoms with Gasteiger partial charge in [-0.1, -0.05) is 52.4 Å². The van der Waals surface area contributed by atoms with Gasteiger partial charge in [0, 0.05) is 11.6 Å². The van der Waals surface area contributed by atoms with Gasteiger partial charge in [0.15, 0.2) is 0 Å². The summed E-state index contributed by atoms with van der Waals surface area (Å²) in [5.74, 6) is -0.526. The number of amides is 1. The van der Waals surface area contributed by atoms with E-state index in [9.17, 15) is 9.59 Å². The van der Waals surface area contributed by atoms with Crippen molar-refractivity contribution >= 4 is 46.1 Å². The van der Waals surface area contributed by atoms with Gasteiger partial charge in [-0.3, -0.25) is 9.59 Å². The third-order valence-electron chi connectivity index (χ3n) is 2.24. The molecule has 1 rings (SSSR count). The standard InChI is InChI=1S/C12H13ClINO3/c1-18-12(17)10(14)7-15-11(16)6-8-4-2-3-5-9(8)13/h2-5,10H,6-7H2,1H3,(H,15,16). The quantitative estimate of drug-likeness (QED) is 0.482. The minimum Gasteiger partial charge on any atom is -0.468 e. The first-order valence-corrected chi connectivity index (χ1v) is 6.89. The van der Waals surface area contributed by atoms with E-state index in [1.54, 1.807) is 12.1 Å². The molecule has 1 atom stereocenters. The molecule has 0 heterocycles. The summed E-state index contributed by atoms with van der Waals surface area (Å²) in [6.07, 6.45) is 0.199. The van der Waals surface area contributed by atoms with Crippen LogP contribution in [0.3, 0.4) is 0 Å². The molecule has 1 amide bonds. The molecule has 0 saturated carbocycles. The number of halogens is 2. The van der Waals surface area contributed by atoms with Gasteiger partial charge >= 0.3 is 5.97 Å². The topological polar surface area (TPSA) is 55.4 Å². The maximum atomic E-state index is 11.7. The summed E-state index contributed by atoms with van der Waals surface area (Å²) >= 11 is 7.87. The van der Waals surface area contributed by atoms with Gasteiger partial charge < -0.3 is 10.1 Å². The largest absolute Gasteiger partial charge is 0.468 e. The van der Waals surface area contributed by atoms with Crippen molar-refractivity contribution in [3.63, 3.8) is 0 Å². The van der Waals surface area contributed by atoms with Crippen molar-refractivity contribution in [3.8, 4) is 0 Å². The lowest BCUT2D eigenvalue weighted by atomic mass is 10.1. The van der Waals surface area contributed by atoms with Crippen LogP contribution in [-0.2, 0) is 20.7 Å². The fourth-order valence-electron chi connectivity index (χ4n) is 1.29. The maximum absolute atomic E-state index is 11.7. The molecular formula is C12H13ClINO3. The van der Waals surface area contributed by atoms with Gasteiger partial charge in [0.2, 0.25) is 5.91 Å². The molecule has 1 unspecified atom stereocenters. The van der Waals surface area contributed by atoms with Crippen molar-refractivity contribution in [1.82, 2.24) is 5.32 Å². The highest BCUT2D eigenvalue weighted by Gasteiger charge is 2.16. The molecular weight excluding hydrogens is 368 g/mol. The molecule has 0 aliphatic heterocycles. The predicted octanol–water partition coefficient (Wildman–Crippen LogP) is 1.98. The lowest BCUT2D eigenvalue weighted by molar-refractivity contribution is -0.139. The zero-order chi connectivity index (χ0) is 13.5. The highest BCUT2D eigenvalue weighted by molar-refractivity contribution is 14.1. The van der Waals surface area contributed by atoms with E-state index >= 15 is 0 Å². The summed E-state index contributed by atoms with van der Waals surface area (Å²) in [4.78, 5) is 22.8. The van der Waals surface area contributed by atoms with Crippen LogP contribution in [-0.4, -0.2) is 29.5 Å². The molecule has 0 fully saturated rings. The van der Waals surface area contributed by atoms with E-state index in [0.717, 1.165) is 5.56 Å². The van der Waals surface area contributed by atoms with E-state index in [4.69, 9.17) is 11.6 Å². The Hall–Kier alpha value is -0.820. The first kappa shape index (κ1) is 15.2. The molecule has 0 aliphatic carbocycles. The Morgan fingerprint density at radius 2 is 2.11 bits per heavy atom. The lowest BCUT2D eigenvalue weighted by Crippen LogP contribution is -2.34. The lowest BCUT2D eigenvalue weighted by Gasteiger charge is -2.09. The summed E-state index contributed by atoms with van der Waals surface area (Å²) in [6.45, 7) is 0.247. The van der Waals surface area contributed by atoms with Crippen molar-refractivity contribution in [3.05, 3.63) is 34.9 Å². The smallest absolute Gasteiger partial charge is 0.320 e. The van der Waals surface area contributed by atoms with E-state index in [1.165, 1.54) is 7.11 Å². The molecule has 98 valence electrons. The summed E-state index contributed by atoms with van der Waals surface area (Å²) in [6, 6.07) is 7.16. The average molecular weight is 382 g/mol. The maximum Gasteiger partial charge on any atom is 0.320 e. The zero-order valence-corrected chi connectivity index (χ0v) is 12.7. The second kappa shape index (κ2) is 7.58. The van der Waals surface area contributed by atoms with Crippen LogP contribution in [0.4, 0.5) is 0 Å². The Labute approximate surface area is 124 Å². The van der Waals surface area contributed by atoms with E-state index in [1.807, 2.05) is 34.7 Å². The molecule has 1 aromatic carbocycles. The molecule has 0 spiro atoms. The van der Waals surface area contributed by atoms with Crippen LogP contribution in [0.25, 0.3) is 0 Å². The molecule has 18 heavy (non-hydrogen) atoms. The molecule has 4 nitrogen and oxygen atoms in total. The monoisotopic (exact) mass is 381 g/mol. The van der Waals surface area contributed by atoms with E-state index in [0.29, 0.717) is 5.02 Å². The van der Waals surface area contributed by atoms with Crippen LogP contribution in [0, 0.1) is 0 Å². The van der Waals surface area contributed by atoms with Crippen LogP contribution < -0.4 is 5.32 Å². The predicted molar refractivity (Wildman–Crippen MR) is 78.0 cm³/mol. The Bertz CT molecular complexity index is 439. The normalized spacial score (nSPS) is 11.7. The number of carbonyl (C=O) groups is 2. The van der Waals surface area contributed by atoms with Gasteiger partial charge in [0.25, 0.3) is 0 Å². The summed E-state index contributed by atoms with van der Waals surface area (Å²) in [5.41, 5.74) is 0.764. The van der Waals surface area contributed by atoms with Crippen LogP contribution in [0.15, 0.2) is 24.3 Å². The van der Waals surface area contributed by atoms with Gasteiger partial charge in [0.05, 0.1) is 13.5 Å². The van der Waals surface area contributed by atoms with Crippen LogP contribution in [0.5, 0.6) is 0 Å². The molecule has 0 aliphatic rings. The number of methoxy groups -OCH3 is 1. The van der Waals surface area contributed by atoms with E-state index < -0.39 is 0 Å². The molecule has 1 aromatic rings.